The molecule has 1 heterocycles. The van der Waals surface area contributed by atoms with Crippen molar-refractivity contribution in [1.82, 2.24) is 15.1 Å². The third-order valence-corrected chi connectivity index (χ3v) is 4.35. The van der Waals surface area contributed by atoms with E-state index in [0.717, 1.165) is 31.7 Å². The smallest absolute Gasteiger partial charge is 0.226 e. The summed E-state index contributed by atoms with van der Waals surface area (Å²) in [6.07, 6.45) is 1.01. The van der Waals surface area contributed by atoms with Crippen LogP contribution in [0.2, 0.25) is 5.02 Å². The first-order valence-electron chi connectivity index (χ1n) is 7.07. The van der Waals surface area contributed by atoms with Gasteiger partial charge in [0.1, 0.15) is 0 Å². The summed E-state index contributed by atoms with van der Waals surface area (Å²) in [6, 6.07) is 7.58. The third kappa shape index (κ3) is 4.95. The molecule has 1 aliphatic heterocycles. The van der Waals surface area contributed by atoms with Gasteiger partial charge < -0.3 is 15.1 Å². The number of piperazine rings is 1. The summed E-state index contributed by atoms with van der Waals surface area (Å²) in [5.74, 6) is -0.0566. The van der Waals surface area contributed by atoms with Crippen LogP contribution in [0.1, 0.15) is 12.0 Å². The van der Waals surface area contributed by atoms with Crippen molar-refractivity contribution in [3.05, 3.63) is 34.9 Å². The predicted molar refractivity (Wildman–Crippen MR) is 89.6 cm³/mol. The van der Waals surface area contributed by atoms with Crippen LogP contribution in [0.5, 0.6) is 0 Å². The van der Waals surface area contributed by atoms with Crippen LogP contribution in [0.15, 0.2) is 24.3 Å². The van der Waals surface area contributed by atoms with Gasteiger partial charge in [-0.15, -0.1) is 0 Å². The molecule has 0 spiro atoms. The molecule has 0 bridgehead atoms. The van der Waals surface area contributed by atoms with E-state index in [4.69, 9.17) is 23.8 Å². The second-order valence-corrected chi connectivity index (χ2v) is 6.03. The Labute approximate surface area is 136 Å². The van der Waals surface area contributed by atoms with Crippen LogP contribution in [-0.4, -0.2) is 54.0 Å². The lowest BCUT2D eigenvalue weighted by Crippen LogP contribution is -2.51. The van der Waals surface area contributed by atoms with E-state index in [0.29, 0.717) is 23.0 Å². The van der Waals surface area contributed by atoms with Gasteiger partial charge in [-0.05, 0) is 37.3 Å². The van der Waals surface area contributed by atoms with Crippen molar-refractivity contribution >= 4 is 34.8 Å². The molecule has 21 heavy (non-hydrogen) atoms. The van der Waals surface area contributed by atoms with Crippen LogP contribution < -0.4 is 5.32 Å². The van der Waals surface area contributed by atoms with Gasteiger partial charge in [-0.2, -0.15) is 0 Å². The molecular formula is C15H20ClN3OS. The summed E-state index contributed by atoms with van der Waals surface area (Å²) in [5, 5.41) is 4.05. The second-order valence-electron chi connectivity index (χ2n) is 5.24. The number of hydrogen-bond donors (Lipinski definition) is 1. The molecule has 1 amide bonds. The predicted octanol–water partition coefficient (Wildman–Crippen LogP) is 1.92. The number of rotatable bonds is 3. The number of halogens is 1. The third-order valence-electron chi connectivity index (χ3n) is 3.62. The number of thiocarbonyl (C=S) groups is 1. The minimum absolute atomic E-state index is 0.0566. The Morgan fingerprint density at radius 2 is 1.95 bits per heavy atom. The molecule has 4 nitrogen and oxygen atoms in total. The van der Waals surface area contributed by atoms with Gasteiger partial charge in [-0.3, -0.25) is 4.79 Å². The van der Waals surface area contributed by atoms with E-state index < -0.39 is 0 Å². The first-order valence-corrected chi connectivity index (χ1v) is 7.85. The summed E-state index contributed by atoms with van der Waals surface area (Å²) < 4.78 is 0. The molecule has 1 aromatic carbocycles. The number of likely N-dealkylation sites (N-methyl/N-ethyl adjacent to an activating group) is 1. The molecule has 1 saturated heterocycles. The first kappa shape index (κ1) is 16.2. The van der Waals surface area contributed by atoms with Gasteiger partial charge in [0.05, 0.1) is 0 Å². The van der Waals surface area contributed by atoms with Gasteiger partial charge in [0.2, 0.25) is 5.91 Å². The number of nitrogens with zero attached hydrogens (tertiary/aromatic N) is 2. The van der Waals surface area contributed by atoms with Crippen LogP contribution in [0.4, 0.5) is 0 Å². The van der Waals surface area contributed by atoms with Gasteiger partial charge in [0.25, 0.3) is 0 Å². The fourth-order valence-electron chi connectivity index (χ4n) is 2.22. The maximum absolute atomic E-state index is 12.0. The monoisotopic (exact) mass is 325 g/mol. The Morgan fingerprint density at radius 1 is 1.29 bits per heavy atom. The van der Waals surface area contributed by atoms with Crippen molar-refractivity contribution in [2.24, 2.45) is 0 Å². The van der Waals surface area contributed by atoms with Crippen LogP contribution in [0.3, 0.4) is 0 Å². The van der Waals surface area contributed by atoms with Crippen LogP contribution >= 0.6 is 23.8 Å². The van der Waals surface area contributed by atoms with E-state index in [2.05, 4.69) is 17.3 Å². The molecule has 0 unspecified atom stereocenters. The normalized spacial score (nSPS) is 15.8. The van der Waals surface area contributed by atoms with Crippen molar-refractivity contribution in [3.8, 4) is 0 Å². The molecular weight excluding hydrogens is 306 g/mol. The Morgan fingerprint density at radius 3 is 2.62 bits per heavy atom. The van der Waals surface area contributed by atoms with Gasteiger partial charge in [-0.1, -0.05) is 29.8 Å². The molecule has 2 rings (SSSR count). The lowest BCUT2D eigenvalue weighted by molar-refractivity contribution is -0.119. The lowest BCUT2D eigenvalue weighted by Gasteiger charge is -2.33. The van der Waals surface area contributed by atoms with Gasteiger partial charge >= 0.3 is 0 Å². The SMILES string of the molecule is CN1CCN(C(=S)NC(=O)CCc2ccccc2Cl)CC1. The quantitative estimate of drug-likeness (QED) is 0.861. The zero-order chi connectivity index (χ0) is 15.2. The highest BCUT2D eigenvalue weighted by Crippen LogP contribution is 2.16. The van der Waals surface area contributed by atoms with Crippen molar-refractivity contribution in [1.29, 1.82) is 0 Å². The summed E-state index contributed by atoms with van der Waals surface area (Å²) in [7, 11) is 2.09. The Bertz CT molecular complexity index is 515. The Hall–Kier alpha value is -1.17. The fourth-order valence-corrected chi connectivity index (χ4v) is 2.75. The Balaban J connectivity index is 1.77. The molecule has 0 aromatic heterocycles. The van der Waals surface area contributed by atoms with Crippen LogP contribution in [-0.2, 0) is 11.2 Å². The molecule has 0 saturated carbocycles. The molecule has 0 atom stereocenters. The fraction of sp³-hybridized carbons (Fsp3) is 0.467. The minimum Gasteiger partial charge on any atom is -0.346 e. The van der Waals surface area contributed by atoms with E-state index in [1.165, 1.54) is 0 Å². The van der Waals surface area contributed by atoms with Crippen LogP contribution in [0.25, 0.3) is 0 Å². The lowest BCUT2D eigenvalue weighted by atomic mass is 10.1. The standard InChI is InChI=1S/C15H20ClN3OS/c1-18-8-10-19(11-9-18)15(21)17-14(20)7-6-12-4-2-3-5-13(12)16/h2-5H,6-11H2,1H3,(H,17,20,21). The van der Waals surface area contributed by atoms with Gasteiger partial charge in [-0.25, -0.2) is 0 Å². The van der Waals surface area contributed by atoms with Crippen molar-refractivity contribution < 1.29 is 4.79 Å². The topological polar surface area (TPSA) is 35.6 Å². The molecule has 1 N–H and O–H groups in total. The number of carbonyl (C=O) groups excluding carboxylic acids is 1. The maximum atomic E-state index is 12.0. The number of aryl methyl sites for hydroxylation is 1. The van der Waals surface area contributed by atoms with Crippen molar-refractivity contribution in [2.75, 3.05) is 33.2 Å². The van der Waals surface area contributed by atoms with E-state index in [1.807, 2.05) is 29.2 Å². The molecule has 0 aliphatic carbocycles. The summed E-state index contributed by atoms with van der Waals surface area (Å²) >= 11 is 11.4. The highest BCUT2D eigenvalue weighted by molar-refractivity contribution is 7.80. The largest absolute Gasteiger partial charge is 0.346 e. The molecule has 1 aromatic rings. The summed E-state index contributed by atoms with van der Waals surface area (Å²) in [6.45, 7) is 3.66. The average Bonchev–Trinajstić information content (AvgIpc) is 2.47. The van der Waals surface area contributed by atoms with E-state index in [9.17, 15) is 4.79 Å². The minimum atomic E-state index is -0.0566. The Kier molecular flexibility index (Phi) is 5.96. The van der Waals surface area contributed by atoms with Crippen LogP contribution in [0, 0.1) is 0 Å². The van der Waals surface area contributed by atoms with E-state index in [-0.39, 0.29) is 5.91 Å². The average molecular weight is 326 g/mol. The number of nitrogens with one attached hydrogen (secondary N) is 1. The summed E-state index contributed by atoms with van der Waals surface area (Å²) in [4.78, 5) is 16.3. The molecule has 1 fully saturated rings. The molecule has 6 heteroatoms. The highest BCUT2D eigenvalue weighted by atomic mass is 35.5. The zero-order valence-electron chi connectivity index (χ0n) is 12.1. The second kappa shape index (κ2) is 7.73. The number of hydrogen-bond acceptors (Lipinski definition) is 3. The molecule has 1 aliphatic rings. The maximum Gasteiger partial charge on any atom is 0.226 e. The number of benzene rings is 1. The summed E-state index contributed by atoms with van der Waals surface area (Å²) in [5.41, 5.74) is 0.986. The molecule has 0 radical (unpaired) electrons. The number of carbonyl (C=O) groups is 1. The number of amides is 1. The van der Waals surface area contributed by atoms with Gasteiger partial charge in [0, 0.05) is 37.6 Å². The van der Waals surface area contributed by atoms with Crippen molar-refractivity contribution in [3.63, 3.8) is 0 Å². The first-order chi connectivity index (χ1) is 10.1. The van der Waals surface area contributed by atoms with E-state index in [1.54, 1.807) is 0 Å². The zero-order valence-corrected chi connectivity index (χ0v) is 13.7. The molecule has 114 valence electrons. The van der Waals surface area contributed by atoms with Gasteiger partial charge in [0.15, 0.2) is 5.11 Å². The van der Waals surface area contributed by atoms with E-state index >= 15 is 0 Å². The highest BCUT2D eigenvalue weighted by Gasteiger charge is 2.17. The van der Waals surface area contributed by atoms with Crippen molar-refractivity contribution in [2.45, 2.75) is 12.8 Å².